The minimum atomic E-state index is 0.366. The summed E-state index contributed by atoms with van der Waals surface area (Å²) in [6.45, 7) is 9.00. The second-order valence-electron chi connectivity index (χ2n) is 4.74. The van der Waals surface area contributed by atoms with Crippen LogP contribution in [0.3, 0.4) is 0 Å². The largest absolute Gasteiger partial charge is 0.264 e. The smallest absolute Gasteiger partial charge is 0.0302 e. The Labute approximate surface area is 81.2 Å². The maximum atomic E-state index is 4.15. The molecular formula is C12H19N. The van der Waals surface area contributed by atoms with Crippen molar-refractivity contribution in [3.8, 4) is 0 Å². The van der Waals surface area contributed by atoms with Crippen LogP contribution in [0.4, 0.5) is 0 Å². The van der Waals surface area contributed by atoms with Gasteiger partial charge in [0.05, 0.1) is 0 Å². The molecule has 0 aliphatic heterocycles. The summed E-state index contributed by atoms with van der Waals surface area (Å²) >= 11 is 0. The Kier molecular flexibility index (Phi) is 3.07. The SMILES string of the molecule is CCc1cnccc1CC(C)(C)C. The Morgan fingerprint density at radius 3 is 2.46 bits per heavy atom. The van der Waals surface area contributed by atoms with Crippen molar-refractivity contribution in [2.24, 2.45) is 5.41 Å². The molecule has 0 saturated carbocycles. The molecule has 1 rings (SSSR count). The molecule has 1 heterocycles. The van der Waals surface area contributed by atoms with Gasteiger partial charge < -0.3 is 0 Å². The molecule has 0 N–H and O–H groups in total. The number of rotatable bonds is 2. The second kappa shape index (κ2) is 3.91. The van der Waals surface area contributed by atoms with Crippen LogP contribution in [0.15, 0.2) is 18.5 Å². The summed E-state index contributed by atoms with van der Waals surface area (Å²) in [5, 5.41) is 0. The van der Waals surface area contributed by atoms with Crippen molar-refractivity contribution < 1.29 is 0 Å². The van der Waals surface area contributed by atoms with E-state index in [2.05, 4.69) is 38.7 Å². The van der Waals surface area contributed by atoms with Gasteiger partial charge in [-0.2, -0.15) is 0 Å². The van der Waals surface area contributed by atoms with Crippen molar-refractivity contribution in [1.82, 2.24) is 4.98 Å². The average molecular weight is 177 g/mol. The number of aryl methyl sites for hydroxylation is 1. The average Bonchev–Trinajstić information content (AvgIpc) is 2.02. The quantitative estimate of drug-likeness (QED) is 0.676. The van der Waals surface area contributed by atoms with Gasteiger partial charge in [0.2, 0.25) is 0 Å². The minimum absolute atomic E-state index is 0.366. The van der Waals surface area contributed by atoms with E-state index in [4.69, 9.17) is 0 Å². The van der Waals surface area contributed by atoms with E-state index in [-0.39, 0.29) is 0 Å². The molecule has 0 atom stereocenters. The van der Waals surface area contributed by atoms with E-state index in [1.165, 1.54) is 11.1 Å². The lowest BCUT2D eigenvalue weighted by Gasteiger charge is -2.19. The fourth-order valence-corrected chi connectivity index (χ4v) is 1.52. The third kappa shape index (κ3) is 3.17. The van der Waals surface area contributed by atoms with Crippen LogP contribution in [0.5, 0.6) is 0 Å². The molecule has 1 nitrogen and oxygen atoms in total. The molecule has 72 valence electrons. The summed E-state index contributed by atoms with van der Waals surface area (Å²) < 4.78 is 0. The van der Waals surface area contributed by atoms with Crippen molar-refractivity contribution in [3.05, 3.63) is 29.6 Å². The summed E-state index contributed by atoms with van der Waals surface area (Å²) in [6.07, 6.45) is 6.10. The molecule has 1 aromatic rings. The van der Waals surface area contributed by atoms with Gasteiger partial charge in [-0.05, 0) is 35.4 Å². The molecule has 0 bridgehead atoms. The highest BCUT2D eigenvalue weighted by Crippen LogP contribution is 2.22. The third-order valence-electron chi connectivity index (χ3n) is 2.11. The molecule has 0 aliphatic rings. The first kappa shape index (κ1) is 10.2. The molecule has 13 heavy (non-hydrogen) atoms. The topological polar surface area (TPSA) is 12.9 Å². The summed E-state index contributed by atoms with van der Waals surface area (Å²) in [5.41, 5.74) is 3.20. The Balaban J connectivity index is 2.87. The highest BCUT2D eigenvalue weighted by Gasteiger charge is 2.12. The number of nitrogens with zero attached hydrogens (tertiary/aromatic N) is 1. The van der Waals surface area contributed by atoms with Crippen LogP contribution in [0.2, 0.25) is 0 Å². The van der Waals surface area contributed by atoms with Crippen molar-refractivity contribution in [2.45, 2.75) is 40.5 Å². The number of hydrogen-bond donors (Lipinski definition) is 0. The predicted molar refractivity (Wildman–Crippen MR) is 56.8 cm³/mol. The molecule has 1 heteroatoms. The summed E-state index contributed by atoms with van der Waals surface area (Å²) in [5.74, 6) is 0. The van der Waals surface area contributed by atoms with Gasteiger partial charge in [-0.25, -0.2) is 0 Å². The lowest BCUT2D eigenvalue weighted by molar-refractivity contribution is 0.410. The van der Waals surface area contributed by atoms with Crippen LogP contribution in [-0.4, -0.2) is 4.98 Å². The molecule has 0 amide bonds. The molecule has 0 radical (unpaired) electrons. The lowest BCUT2D eigenvalue weighted by atomic mass is 9.86. The van der Waals surface area contributed by atoms with Crippen molar-refractivity contribution in [2.75, 3.05) is 0 Å². The maximum absolute atomic E-state index is 4.15. The Hall–Kier alpha value is -0.850. The Morgan fingerprint density at radius 2 is 1.92 bits per heavy atom. The van der Waals surface area contributed by atoms with Crippen molar-refractivity contribution in [3.63, 3.8) is 0 Å². The molecule has 0 saturated heterocycles. The van der Waals surface area contributed by atoms with Crippen molar-refractivity contribution in [1.29, 1.82) is 0 Å². The van der Waals surface area contributed by atoms with Crippen LogP contribution in [0, 0.1) is 5.41 Å². The standard InChI is InChI=1S/C12H19N/c1-5-10-9-13-7-6-11(10)8-12(2,3)4/h6-7,9H,5,8H2,1-4H3. The fourth-order valence-electron chi connectivity index (χ4n) is 1.52. The van der Waals surface area contributed by atoms with Gasteiger partial charge in [-0.3, -0.25) is 4.98 Å². The van der Waals surface area contributed by atoms with Gasteiger partial charge in [0.25, 0.3) is 0 Å². The Bertz CT molecular complexity index is 271. The number of pyridine rings is 1. The molecule has 0 fully saturated rings. The van der Waals surface area contributed by atoms with E-state index in [0.29, 0.717) is 5.41 Å². The molecule has 0 unspecified atom stereocenters. The normalized spacial score (nSPS) is 11.7. The molecule has 0 aromatic carbocycles. The van der Waals surface area contributed by atoms with Gasteiger partial charge in [0.15, 0.2) is 0 Å². The first-order valence-corrected chi connectivity index (χ1v) is 4.94. The van der Waals surface area contributed by atoms with Crippen LogP contribution >= 0.6 is 0 Å². The van der Waals surface area contributed by atoms with Gasteiger partial charge in [-0.1, -0.05) is 27.7 Å². The maximum Gasteiger partial charge on any atom is 0.0302 e. The van der Waals surface area contributed by atoms with Crippen molar-refractivity contribution >= 4 is 0 Å². The molecule has 0 aliphatic carbocycles. The number of hydrogen-bond acceptors (Lipinski definition) is 1. The lowest BCUT2D eigenvalue weighted by Crippen LogP contribution is -2.10. The van der Waals surface area contributed by atoms with Crippen LogP contribution in [0.1, 0.15) is 38.8 Å². The van der Waals surface area contributed by atoms with E-state index >= 15 is 0 Å². The Morgan fingerprint density at radius 1 is 1.23 bits per heavy atom. The molecule has 1 aromatic heterocycles. The van der Waals surface area contributed by atoms with E-state index in [9.17, 15) is 0 Å². The summed E-state index contributed by atoms with van der Waals surface area (Å²) in [6, 6.07) is 2.14. The molecule has 0 spiro atoms. The minimum Gasteiger partial charge on any atom is -0.264 e. The first-order chi connectivity index (χ1) is 6.03. The summed E-state index contributed by atoms with van der Waals surface area (Å²) in [7, 11) is 0. The number of aromatic nitrogens is 1. The van der Waals surface area contributed by atoms with Gasteiger partial charge in [0, 0.05) is 12.4 Å². The highest BCUT2D eigenvalue weighted by molar-refractivity contribution is 5.24. The summed E-state index contributed by atoms with van der Waals surface area (Å²) in [4.78, 5) is 4.15. The zero-order valence-corrected chi connectivity index (χ0v) is 9.09. The van der Waals surface area contributed by atoms with E-state index < -0.39 is 0 Å². The molecular weight excluding hydrogens is 158 g/mol. The van der Waals surface area contributed by atoms with Gasteiger partial charge in [0.1, 0.15) is 0 Å². The zero-order valence-electron chi connectivity index (χ0n) is 9.09. The van der Waals surface area contributed by atoms with Crippen LogP contribution in [0.25, 0.3) is 0 Å². The van der Waals surface area contributed by atoms with E-state index in [1.807, 2.05) is 12.4 Å². The monoisotopic (exact) mass is 177 g/mol. The zero-order chi connectivity index (χ0) is 9.90. The first-order valence-electron chi connectivity index (χ1n) is 4.94. The highest BCUT2D eigenvalue weighted by atomic mass is 14.6. The van der Waals surface area contributed by atoms with Gasteiger partial charge in [-0.15, -0.1) is 0 Å². The van der Waals surface area contributed by atoms with Crippen LogP contribution < -0.4 is 0 Å². The predicted octanol–water partition coefficient (Wildman–Crippen LogP) is 3.23. The van der Waals surface area contributed by atoms with Crippen LogP contribution in [-0.2, 0) is 12.8 Å². The fraction of sp³-hybridized carbons (Fsp3) is 0.583. The van der Waals surface area contributed by atoms with E-state index in [1.54, 1.807) is 0 Å². The second-order valence-corrected chi connectivity index (χ2v) is 4.74. The van der Waals surface area contributed by atoms with Gasteiger partial charge >= 0.3 is 0 Å². The third-order valence-corrected chi connectivity index (χ3v) is 2.11. The van der Waals surface area contributed by atoms with E-state index in [0.717, 1.165) is 12.8 Å².